The molecule has 3 aliphatic heterocycles. The highest BCUT2D eigenvalue weighted by molar-refractivity contribution is 5.70. The van der Waals surface area contributed by atoms with Crippen LogP contribution in [-0.2, 0) is 24.4 Å². The van der Waals surface area contributed by atoms with Gasteiger partial charge in [0.1, 0.15) is 5.65 Å². The highest BCUT2D eigenvalue weighted by Gasteiger charge is 2.25. The second-order valence-corrected chi connectivity index (χ2v) is 11.0. The number of morpholine rings is 1. The molecule has 0 unspecified atom stereocenters. The maximum atomic E-state index is 5.53. The molecule has 0 amide bonds. The largest absolute Gasteiger partial charge is 0.378 e. The van der Waals surface area contributed by atoms with Crippen molar-refractivity contribution < 1.29 is 4.74 Å². The van der Waals surface area contributed by atoms with E-state index in [1.807, 2.05) is 12.4 Å². The van der Waals surface area contributed by atoms with E-state index in [9.17, 15) is 0 Å². The molecule has 0 spiro atoms. The summed E-state index contributed by atoms with van der Waals surface area (Å²) in [7, 11) is 0. The number of hydrogen-bond donors (Lipinski definition) is 0. The maximum absolute atomic E-state index is 5.53. The number of likely N-dealkylation sites (tertiary alicyclic amines) is 1. The number of aromatic nitrogens is 3. The molecule has 6 heterocycles. The third-order valence-corrected chi connectivity index (χ3v) is 7.77. The number of hydrogen-bond acceptors (Lipinski definition) is 6. The van der Waals surface area contributed by atoms with E-state index in [1.165, 1.54) is 48.3 Å². The number of imidazole rings is 1. The Morgan fingerprint density at radius 3 is 2.63 bits per heavy atom. The topological polar surface area (TPSA) is 49.1 Å². The van der Waals surface area contributed by atoms with Crippen LogP contribution in [0.15, 0.2) is 43.1 Å². The van der Waals surface area contributed by atoms with Gasteiger partial charge in [0.25, 0.3) is 0 Å². The van der Waals surface area contributed by atoms with E-state index in [0.29, 0.717) is 5.41 Å². The van der Waals surface area contributed by atoms with E-state index >= 15 is 0 Å². The first-order chi connectivity index (χ1) is 17.0. The maximum Gasteiger partial charge on any atom is 0.137 e. The van der Waals surface area contributed by atoms with Gasteiger partial charge in [-0.2, -0.15) is 0 Å². The van der Waals surface area contributed by atoms with Gasteiger partial charge in [0.05, 0.1) is 37.3 Å². The van der Waals surface area contributed by atoms with Gasteiger partial charge in [0, 0.05) is 56.5 Å². The van der Waals surface area contributed by atoms with Gasteiger partial charge < -0.3 is 18.9 Å². The Kier molecular flexibility index (Phi) is 5.98. The Balaban J connectivity index is 1.13. The summed E-state index contributed by atoms with van der Waals surface area (Å²) in [5.74, 6) is 0. The molecule has 6 rings (SSSR count). The van der Waals surface area contributed by atoms with E-state index < -0.39 is 0 Å². The Morgan fingerprint density at radius 1 is 0.971 bits per heavy atom. The van der Waals surface area contributed by atoms with Crippen molar-refractivity contribution in [1.29, 1.82) is 0 Å². The monoisotopic (exact) mass is 472 g/mol. The lowest BCUT2D eigenvalue weighted by Crippen LogP contribution is -2.37. The zero-order valence-corrected chi connectivity index (χ0v) is 21.0. The molecular formula is C28H36N6O. The van der Waals surface area contributed by atoms with Crippen LogP contribution in [0.5, 0.6) is 0 Å². The molecule has 0 aromatic carbocycles. The molecule has 2 fully saturated rings. The van der Waals surface area contributed by atoms with Crippen LogP contribution >= 0.6 is 0 Å². The Hall–Kier alpha value is -2.90. The molecule has 0 atom stereocenters. The summed E-state index contributed by atoms with van der Waals surface area (Å²) in [6.07, 6.45) is 15.4. The lowest BCUT2D eigenvalue weighted by atomic mass is 9.82. The van der Waals surface area contributed by atoms with Gasteiger partial charge in [0.15, 0.2) is 0 Å². The summed E-state index contributed by atoms with van der Waals surface area (Å²) in [4.78, 5) is 16.7. The molecule has 7 nitrogen and oxygen atoms in total. The molecule has 184 valence electrons. The molecule has 0 radical (unpaired) electrons. The molecule has 0 N–H and O–H groups in total. The number of ether oxygens (including phenoxy) is 1. The minimum atomic E-state index is 0.489. The van der Waals surface area contributed by atoms with Crippen LogP contribution in [0.4, 0.5) is 5.69 Å². The number of pyridine rings is 2. The van der Waals surface area contributed by atoms with Gasteiger partial charge in [-0.15, -0.1) is 0 Å². The molecule has 0 bridgehead atoms. The molecule has 7 heteroatoms. The average Bonchev–Trinajstić information content (AvgIpc) is 3.27. The van der Waals surface area contributed by atoms with E-state index in [1.54, 1.807) is 0 Å². The smallest absolute Gasteiger partial charge is 0.137 e. The van der Waals surface area contributed by atoms with Gasteiger partial charge in [-0.1, -0.05) is 19.9 Å². The van der Waals surface area contributed by atoms with Gasteiger partial charge in [-0.25, -0.2) is 4.98 Å². The number of piperidine rings is 1. The van der Waals surface area contributed by atoms with E-state index in [2.05, 4.69) is 74.7 Å². The average molecular weight is 473 g/mol. The quantitative estimate of drug-likeness (QED) is 0.555. The van der Waals surface area contributed by atoms with Crippen molar-refractivity contribution in [2.75, 3.05) is 44.3 Å². The molecule has 3 aromatic heterocycles. The highest BCUT2D eigenvalue weighted by atomic mass is 16.5. The van der Waals surface area contributed by atoms with Crippen LogP contribution in [0.3, 0.4) is 0 Å². The predicted octanol–water partition coefficient (Wildman–Crippen LogP) is 4.17. The first-order valence-corrected chi connectivity index (χ1v) is 12.9. The fraction of sp³-hybridized carbons (Fsp3) is 0.500. The van der Waals surface area contributed by atoms with Crippen molar-refractivity contribution in [2.24, 2.45) is 5.41 Å². The van der Waals surface area contributed by atoms with Crippen molar-refractivity contribution >= 4 is 17.4 Å². The minimum absolute atomic E-state index is 0.489. The van der Waals surface area contributed by atoms with Crippen LogP contribution in [-0.4, -0.2) is 63.6 Å². The van der Waals surface area contributed by atoms with E-state index in [0.717, 1.165) is 57.3 Å². The first kappa shape index (κ1) is 22.6. The van der Waals surface area contributed by atoms with Crippen LogP contribution in [0.25, 0.3) is 11.7 Å². The summed E-state index contributed by atoms with van der Waals surface area (Å²) in [6, 6.07) is 4.40. The second-order valence-electron chi connectivity index (χ2n) is 11.0. The van der Waals surface area contributed by atoms with E-state index in [4.69, 9.17) is 9.72 Å². The number of nitrogens with zero attached hydrogens (tertiary/aromatic N) is 6. The number of anilines is 1. The molecule has 3 aliphatic rings. The SMILES string of the molecule is CC1(C)CCN(Cc2ccc3nc(CN4C=Cc5c(cncc5N5CCOCC5)C4)cn3c2)CC1. The van der Waals surface area contributed by atoms with Gasteiger partial charge in [0.2, 0.25) is 0 Å². The summed E-state index contributed by atoms with van der Waals surface area (Å²) >= 11 is 0. The van der Waals surface area contributed by atoms with Crippen LogP contribution < -0.4 is 4.90 Å². The molecule has 2 saturated heterocycles. The lowest BCUT2D eigenvalue weighted by molar-refractivity contribution is 0.122. The molecule has 35 heavy (non-hydrogen) atoms. The molecule has 0 saturated carbocycles. The molecular weight excluding hydrogens is 436 g/mol. The standard InChI is InChI=1S/C28H36N6O/c1-28(2)6-9-31(10-7-28)17-22-3-4-27-30-24(21-34(27)18-22)20-32-8-5-25-23(19-32)15-29-16-26(25)33-11-13-35-14-12-33/h3-5,8,15-16,18,21H,6-7,9-14,17,19-20H2,1-2H3. The van der Waals surface area contributed by atoms with Crippen molar-refractivity contribution in [1.82, 2.24) is 24.2 Å². The van der Waals surface area contributed by atoms with Crippen molar-refractivity contribution in [3.05, 3.63) is 65.5 Å². The lowest BCUT2D eigenvalue weighted by Gasteiger charge is -2.36. The van der Waals surface area contributed by atoms with Crippen LogP contribution in [0.1, 0.15) is 49.1 Å². The first-order valence-electron chi connectivity index (χ1n) is 12.9. The summed E-state index contributed by atoms with van der Waals surface area (Å²) in [5, 5.41) is 0. The van der Waals surface area contributed by atoms with Gasteiger partial charge >= 0.3 is 0 Å². The number of rotatable bonds is 5. The fourth-order valence-corrected chi connectivity index (χ4v) is 5.48. The third kappa shape index (κ3) is 4.93. The van der Waals surface area contributed by atoms with Crippen molar-refractivity contribution in [2.45, 2.75) is 46.3 Å². The summed E-state index contributed by atoms with van der Waals surface area (Å²) in [6.45, 7) is 13.2. The summed E-state index contributed by atoms with van der Waals surface area (Å²) in [5.41, 5.74) is 7.73. The zero-order chi connectivity index (χ0) is 23.8. The van der Waals surface area contributed by atoms with E-state index in [-0.39, 0.29) is 0 Å². The second kappa shape index (κ2) is 9.28. The number of fused-ring (bicyclic) bond motifs is 2. The Bertz CT molecular complexity index is 1220. The van der Waals surface area contributed by atoms with Gasteiger partial charge in [-0.3, -0.25) is 9.88 Å². The molecule has 0 aliphatic carbocycles. The Labute approximate surface area is 208 Å². The van der Waals surface area contributed by atoms with Crippen molar-refractivity contribution in [3.63, 3.8) is 0 Å². The third-order valence-electron chi connectivity index (χ3n) is 7.77. The predicted molar refractivity (Wildman–Crippen MR) is 139 cm³/mol. The normalized spacial score (nSPS) is 20.4. The minimum Gasteiger partial charge on any atom is -0.378 e. The summed E-state index contributed by atoms with van der Waals surface area (Å²) < 4.78 is 7.72. The van der Waals surface area contributed by atoms with Crippen LogP contribution in [0.2, 0.25) is 0 Å². The zero-order valence-electron chi connectivity index (χ0n) is 21.0. The Morgan fingerprint density at radius 2 is 1.80 bits per heavy atom. The molecule has 3 aromatic rings. The van der Waals surface area contributed by atoms with Crippen LogP contribution in [0, 0.1) is 5.41 Å². The van der Waals surface area contributed by atoms with Gasteiger partial charge in [-0.05, 0) is 54.6 Å². The highest BCUT2D eigenvalue weighted by Crippen LogP contribution is 2.31. The fourth-order valence-electron chi connectivity index (χ4n) is 5.48. The van der Waals surface area contributed by atoms with Crippen molar-refractivity contribution in [3.8, 4) is 0 Å².